The highest BCUT2D eigenvalue weighted by Crippen LogP contribution is 2.29. The van der Waals surface area contributed by atoms with Gasteiger partial charge in [0.2, 0.25) is 5.91 Å². The third-order valence-electron chi connectivity index (χ3n) is 6.13. The molecule has 0 saturated carbocycles. The highest BCUT2D eigenvalue weighted by atomic mass is 32.1. The van der Waals surface area contributed by atoms with Crippen LogP contribution in [0.5, 0.6) is 0 Å². The monoisotopic (exact) mass is 455 g/mol. The number of aromatic nitrogens is 1. The zero-order chi connectivity index (χ0) is 22.9. The Hall–Kier alpha value is -2.78. The molecule has 0 bridgehead atoms. The number of likely N-dealkylation sites (tertiary alicyclic amines) is 1. The Morgan fingerprint density at radius 1 is 1.31 bits per heavy atom. The van der Waals surface area contributed by atoms with Crippen LogP contribution in [-0.4, -0.2) is 52.3 Å². The average Bonchev–Trinajstić information content (AvgIpc) is 3.26. The summed E-state index contributed by atoms with van der Waals surface area (Å²) in [4.78, 5) is 45.9. The van der Waals surface area contributed by atoms with Gasteiger partial charge in [-0.15, -0.1) is 11.3 Å². The molecule has 0 aliphatic carbocycles. The number of nitrogens with zero attached hydrogens (tertiary/aromatic N) is 3. The number of rotatable bonds is 6. The topological polar surface area (TPSA) is 94.6 Å². The van der Waals surface area contributed by atoms with Crippen LogP contribution >= 0.6 is 11.3 Å². The normalized spacial score (nSPS) is 24.0. The molecular formula is C23H29N5O3S. The number of amides is 4. The SMILES string of the molecule is Cc1ccc(C2(C)NC(=O)N(CC(=O)Nc3nc(CN4CCCC(C)C4)cs3)C2=O)cc1. The van der Waals surface area contributed by atoms with E-state index in [1.54, 1.807) is 6.92 Å². The quantitative estimate of drug-likeness (QED) is 0.653. The first-order valence-electron chi connectivity index (χ1n) is 10.9. The standard InChI is InChI=1S/C23H29N5O3S/c1-15-6-8-17(9-7-15)23(3)20(30)28(22(31)26-23)13-19(29)25-21-24-18(14-32-21)12-27-10-4-5-16(2)11-27/h6-9,14,16H,4-5,10-13H2,1-3H3,(H,26,31)(H,24,25,29). The summed E-state index contributed by atoms with van der Waals surface area (Å²) in [6, 6.07) is 6.83. The van der Waals surface area contributed by atoms with Gasteiger partial charge in [0, 0.05) is 18.5 Å². The molecule has 0 spiro atoms. The second-order valence-corrected chi connectivity index (χ2v) is 9.85. The zero-order valence-corrected chi connectivity index (χ0v) is 19.5. The number of nitrogens with one attached hydrogen (secondary N) is 2. The fraction of sp³-hybridized carbons (Fsp3) is 0.478. The molecule has 1 aromatic heterocycles. The predicted octanol–water partition coefficient (Wildman–Crippen LogP) is 3.09. The lowest BCUT2D eigenvalue weighted by Crippen LogP contribution is -2.42. The minimum atomic E-state index is -1.19. The molecule has 0 radical (unpaired) electrons. The summed E-state index contributed by atoms with van der Waals surface area (Å²) in [5.41, 5.74) is 1.47. The van der Waals surface area contributed by atoms with Crippen LogP contribution in [0.25, 0.3) is 0 Å². The van der Waals surface area contributed by atoms with E-state index >= 15 is 0 Å². The van der Waals surface area contributed by atoms with Crippen LogP contribution in [0.3, 0.4) is 0 Å². The number of carbonyl (C=O) groups is 3. The van der Waals surface area contributed by atoms with Gasteiger partial charge in [0.15, 0.2) is 5.13 Å². The van der Waals surface area contributed by atoms with E-state index in [9.17, 15) is 14.4 Å². The van der Waals surface area contributed by atoms with Gasteiger partial charge >= 0.3 is 6.03 Å². The van der Waals surface area contributed by atoms with Crippen LogP contribution in [0.4, 0.5) is 9.93 Å². The molecule has 1 aromatic carbocycles. The van der Waals surface area contributed by atoms with E-state index in [4.69, 9.17) is 0 Å². The molecule has 32 heavy (non-hydrogen) atoms. The number of hydrogen-bond acceptors (Lipinski definition) is 6. The number of anilines is 1. The van der Waals surface area contributed by atoms with Gasteiger partial charge in [-0.2, -0.15) is 0 Å². The molecule has 2 aliphatic rings. The van der Waals surface area contributed by atoms with Gasteiger partial charge in [0.25, 0.3) is 5.91 Å². The Balaban J connectivity index is 1.36. The van der Waals surface area contributed by atoms with Crippen molar-refractivity contribution in [3.63, 3.8) is 0 Å². The maximum absolute atomic E-state index is 13.0. The van der Waals surface area contributed by atoms with Crippen LogP contribution in [0.15, 0.2) is 29.6 Å². The van der Waals surface area contributed by atoms with E-state index in [-0.39, 0.29) is 6.54 Å². The second-order valence-electron chi connectivity index (χ2n) is 8.99. The molecule has 2 atom stereocenters. The lowest BCUT2D eigenvalue weighted by atomic mass is 9.91. The summed E-state index contributed by atoms with van der Waals surface area (Å²) in [7, 11) is 0. The van der Waals surface area contributed by atoms with Gasteiger partial charge in [-0.25, -0.2) is 9.78 Å². The summed E-state index contributed by atoms with van der Waals surface area (Å²) in [5, 5.41) is 7.87. The number of aryl methyl sites for hydroxylation is 1. The molecule has 2 N–H and O–H groups in total. The van der Waals surface area contributed by atoms with Crippen LogP contribution in [-0.2, 0) is 21.7 Å². The van der Waals surface area contributed by atoms with Crippen molar-refractivity contribution in [2.75, 3.05) is 25.0 Å². The Kier molecular flexibility index (Phi) is 6.30. The number of urea groups is 1. The maximum Gasteiger partial charge on any atom is 0.325 e. The lowest BCUT2D eigenvalue weighted by molar-refractivity contribution is -0.133. The van der Waals surface area contributed by atoms with E-state index in [2.05, 4.69) is 27.4 Å². The third-order valence-corrected chi connectivity index (χ3v) is 6.94. The molecule has 4 rings (SSSR count). The first kappa shape index (κ1) is 22.4. The van der Waals surface area contributed by atoms with Crippen molar-refractivity contribution in [2.24, 2.45) is 5.92 Å². The molecule has 2 aliphatic heterocycles. The largest absolute Gasteiger partial charge is 0.325 e. The van der Waals surface area contributed by atoms with E-state index < -0.39 is 23.4 Å². The molecule has 170 valence electrons. The molecule has 9 heteroatoms. The Bertz CT molecular complexity index is 1020. The average molecular weight is 456 g/mol. The summed E-state index contributed by atoms with van der Waals surface area (Å²) in [5.74, 6) is -0.203. The first-order chi connectivity index (χ1) is 15.2. The van der Waals surface area contributed by atoms with Crippen LogP contribution in [0.2, 0.25) is 0 Å². The lowest BCUT2D eigenvalue weighted by Gasteiger charge is -2.30. The van der Waals surface area contributed by atoms with Crippen molar-refractivity contribution >= 4 is 34.3 Å². The van der Waals surface area contributed by atoms with E-state index in [1.165, 1.54) is 24.2 Å². The fourth-order valence-electron chi connectivity index (χ4n) is 4.32. The third kappa shape index (κ3) is 4.68. The molecular weight excluding hydrogens is 426 g/mol. The Morgan fingerprint density at radius 3 is 2.78 bits per heavy atom. The molecule has 2 fully saturated rings. The van der Waals surface area contributed by atoms with Crippen molar-refractivity contribution < 1.29 is 14.4 Å². The highest BCUT2D eigenvalue weighted by molar-refractivity contribution is 7.13. The maximum atomic E-state index is 13.0. The van der Waals surface area contributed by atoms with Crippen molar-refractivity contribution in [3.05, 3.63) is 46.5 Å². The Morgan fingerprint density at radius 2 is 2.06 bits per heavy atom. The van der Waals surface area contributed by atoms with Crippen LogP contribution < -0.4 is 10.6 Å². The molecule has 3 heterocycles. The number of carbonyl (C=O) groups excluding carboxylic acids is 3. The van der Waals surface area contributed by atoms with Crippen molar-refractivity contribution in [3.8, 4) is 0 Å². The molecule has 8 nitrogen and oxygen atoms in total. The predicted molar refractivity (Wildman–Crippen MR) is 123 cm³/mol. The van der Waals surface area contributed by atoms with Gasteiger partial charge < -0.3 is 10.6 Å². The minimum absolute atomic E-state index is 0.356. The Labute approximate surface area is 192 Å². The van der Waals surface area contributed by atoms with E-state index in [1.807, 2.05) is 36.6 Å². The second kappa shape index (κ2) is 8.99. The van der Waals surface area contributed by atoms with E-state index in [0.717, 1.165) is 35.8 Å². The molecule has 4 amide bonds. The van der Waals surface area contributed by atoms with Gasteiger partial charge in [-0.3, -0.25) is 19.4 Å². The van der Waals surface area contributed by atoms with Gasteiger partial charge in [0.1, 0.15) is 12.1 Å². The van der Waals surface area contributed by atoms with Crippen LogP contribution in [0.1, 0.15) is 43.5 Å². The van der Waals surface area contributed by atoms with Crippen LogP contribution in [0, 0.1) is 12.8 Å². The van der Waals surface area contributed by atoms with Gasteiger partial charge in [-0.05, 0) is 44.7 Å². The van der Waals surface area contributed by atoms with Gasteiger partial charge in [-0.1, -0.05) is 36.8 Å². The highest BCUT2D eigenvalue weighted by Gasteiger charge is 2.49. The molecule has 2 aromatic rings. The van der Waals surface area contributed by atoms with Gasteiger partial charge in [0.05, 0.1) is 5.69 Å². The summed E-state index contributed by atoms with van der Waals surface area (Å²) < 4.78 is 0. The first-order valence-corrected chi connectivity index (χ1v) is 11.8. The zero-order valence-electron chi connectivity index (χ0n) is 18.7. The summed E-state index contributed by atoms with van der Waals surface area (Å²) in [6.45, 7) is 8.40. The number of imide groups is 1. The summed E-state index contributed by atoms with van der Waals surface area (Å²) in [6.07, 6.45) is 2.46. The number of thiazole rings is 1. The van der Waals surface area contributed by atoms with Crippen molar-refractivity contribution in [1.29, 1.82) is 0 Å². The summed E-state index contributed by atoms with van der Waals surface area (Å²) >= 11 is 1.35. The van der Waals surface area contributed by atoms with E-state index in [0.29, 0.717) is 16.6 Å². The number of piperidine rings is 1. The minimum Gasteiger partial charge on any atom is -0.319 e. The van der Waals surface area contributed by atoms with Crippen molar-refractivity contribution in [2.45, 2.75) is 45.7 Å². The fourth-order valence-corrected chi connectivity index (χ4v) is 5.04. The molecule has 2 saturated heterocycles. The van der Waals surface area contributed by atoms with Crippen molar-refractivity contribution in [1.82, 2.24) is 20.1 Å². The number of hydrogen-bond donors (Lipinski definition) is 2. The molecule has 2 unspecified atom stereocenters. The number of benzene rings is 1. The smallest absolute Gasteiger partial charge is 0.319 e.